The van der Waals surface area contributed by atoms with Crippen molar-refractivity contribution < 1.29 is 4.84 Å². The minimum atomic E-state index is 0.826. The Bertz CT molecular complexity index is 24.3. The first kappa shape index (κ1) is 4.05. The van der Waals surface area contributed by atoms with Gasteiger partial charge < -0.3 is 0 Å². The summed E-state index contributed by atoms with van der Waals surface area (Å²) in [5.41, 5.74) is 5.35. The van der Waals surface area contributed by atoms with E-state index in [0.29, 0.717) is 0 Å². The highest BCUT2D eigenvalue weighted by Gasteiger charge is 1.92. The quantitative estimate of drug-likeness (QED) is 0.415. The van der Waals surface area contributed by atoms with Crippen LogP contribution in [-0.4, -0.2) is 13.2 Å². The van der Waals surface area contributed by atoms with E-state index in [0.717, 1.165) is 19.6 Å². The summed E-state index contributed by atoms with van der Waals surface area (Å²) in [5.74, 6) is 0. The summed E-state index contributed by atoms with van der Waals surface area (Å²) in [4.78, 5) is 4.71. The second-order valence-electron chi connectivity index (χ2n) is 1.23. The Morgan fingerprint density at radius 2 is 2.50 bits per heavy atom. The van der Waals surface area contributed by atoms with Crippen molar-refractivity contribution in [1.82, 2.24) is 11.0 Å². The maximum atomic E-state index is 4.71. The van der Waals surface area contributed by atoms with Crippen molar-refractivity contribution >= 4 is 0 Å². The zero-order valence-corrected chi connectivity index (χ0v) is 3.53. The Kier molecular flexibility index (Phi) is 1.43. The molecule has 0 bridgehead atoms. The number of rotatable bonds is 0. The predicted molar refractivity (Wildman–Crippen MR) is 21.7 cm³/mol. The lowest BCUT2D eigenvalue weighted by atomic mass is 10.5. The van der Waals surface area contributed by atoms with Gasteiger partial charge in [-0.25, -0.2) is 5.43 Å². The SMILES string of the molecule is C1CNNOC1. The molecule has 1 heterocycles. The van der Waals surface area contributed by atoms with Crippen molar-refractivity contribution in [3.63, 3.8) is 0 Å². The molecule has 0 unspecified atom stereocenters. The molecule has 0 spiro atoms. The van der Waals surface area contributed by atoms with Gasteiger partial charge in [-0.1, -0.05) is 0 Å². The van der Waals surface area contributed by atoms with E-state index >= 15 is 0 Å². The molecule has 1 aliphatic rings. The Morgan fingerprint density at radius 3 is 2.67 bits per heavy atom. The first-order chi connectivity index (χ1) is 3.00. The molecule has 1 aliphatic heterocycles. The van der Waals surface area contributed by atoms with E-state index in [1.807, 2.05) is 0 Å². The van der Waals surface area contributed by atoms with Crippen molar-refractivity contribution in [2.24, 2.45) is 0 Å². The fraction of sp³-hybridized carbons (Fsp3) is 1.00. The lowest BCUT2D eigenvalue weighted by Crippen LogP contribution is -2.38. The summed E-state index contributed by atoms with van der Waals surface area (Å²) >= 11 is 0. The van der Waals surface area contributed by atoms with E-state index in [1.54, 1.807) is 0 Å². The van der Waals surface area contributed by atoms with Gasteiger partial charge in [-0.05, 0) is 6.42 Å². The van der Waals surface area contributed by atoms with Crippen LogP contribution in [0, 0.1) is 0 Å². The van der Waals surface area contributed by atoms with Crippen molar-refractivity contribution in [1.29, 1.82) is 0 Å². The lowest BCUT2D eigenvalue weighted by molar-refractivity contribution is -0.0180. The second kappa shape index (κ2) is 2.12. The Hall–Kier alpha value is -0.120. The van der Waals surface area contributed by atoms with Gasteiger partial charge in [0.05, 0.1) is 6.61 Å². The maximum absolute atomic E-state index is 4.71. The van der Waals surface area contributed by atoms with Crippen molar-refractivity contribution in [3.05, 3.63) is 0 Å². The standard InChI is InChI=1S/C3H8N2O/c1-2-4-5-6-3-1/h4-5H,1-3H2. The van der Waals surface area contributed by atoms with E-state index in [4.69, 9.17) is 4.84 Å². The second-order valence-corrected chi connectivity index (χ2v) is 1.23. The molecule has 0 saturated carbocycles. The van der Waals surface area contributed by atoms with Gasteiger partial charge in [-0.3, -0.25) is 4.84 Å². The van der Waals surface area contributed by atoms with E-state index < -0.39 is 0 Å². The Balaban J connectivity index is 2.00. The molecular formula is C3H8N2O. The number of nitrogens with one attached hydrogen (secondary N) is 2. The van der Waals surface area contributed by atoms with Crippen LogP contribution in [0.5, 0.6) is 0 Å². The molecule has 0 aliphatic carbocycles. The molecule has 1 fully saturated rings. The molecular weight excluding hydrogens is 80.0 g/mol. The van der Waals surface area contributed by atoms with E-state index in [9.17, 15) is 0 Å². The maximum Gasteiger partial charge on any atom is 0.0711 e. The lowest BCUT2D eigenvalue weighted by Gasteiger charge is -2.11. The van der Waals surface area contributed by atoms with Gasteiger partial charge in [0.1, 0.15) is 0 Å². The Morgan fingerprint density at radius 1 is 1.50 bits per heavy atom. The summed E-state index contributed by atoms with van der Waals surface area (Å²) < 4.78 is 0. The van der Waals surface area contributed by atoms with Crippen LogP contribution in [0.4, 0.5) is 0 Å². The monoisotopic (exact) mass is 88.1 g/mol. The molecule has 36 valence electrons. The molecule has 0 radical (unpaired) electrons. The van der Waals surface area contributed by atoms with Crippen LogP contribution >= 0.6 is 0 Å². The highest BCUT2D eigenvalue weighted by molar-refractivity contribution is 4.39. The van der Waals surface area contributed by atoms with Crippen molar-refractivity contribution in [2.75, 3.05) is 13.2 Å². The van der Waals surface area contributed by atoms with Gasteiger partial charge in [0, 0.05) is 6.54 Å². The van der Waals surface area contributed by atoms with E-state index in [2.05, 4.69) is 11.0 Å². The summed E-state index contributed by atoms with van der Waals surface area (Å²) in [7, 11) is 0. The zero-order chi connectivity index (χ0) is 4.24. The van der Waals surface area contributed by atoms with Crippen molar-refractivity contribution in [3.8, 4) is 0 Å². The largest absolute Gasteiger partial charge is 0.287 e. The van der Waals surface area contributed by atoms with Crippen LogP contribution in [0.25, 0.3) is 0 Å². The molecule has 0 amide bonds. The first-order valence-electron chi connectivity index (χ1n) is 2.10. The number of hydrogen-bond acceptors (Lipinski definition) is 3. The van der Waals surface area contributed by atoms with Crippen LogP contribution in [-0.2, 0) is 4.84 Å². The van der Waals surface area contributed by atoms with Crippen molar-refractivity contribution in [2.45, 2.75) is 6.42 Å². The number of hydrogen-bond donors (Lipinski definition) is 2. The van der Waals surface area contributed by atoms with Gasteiger partial charge in [-0.2, -0.15) is 0 Å². The molecule has 3 nitrogen and oxygen atoms in total. The highest BCUT2D eigenvalue weighted by Crippen LogP contribution is 1.79. The van der Waals surface area contributed by atoms with E-state index in [-0.39, 0.29) is 0 Å². The molecule has 1 saturated heterocycles. The Labute approximate surface area is 36.6 Å². The fourth-order valence-electron chi connectivity index (χ4n) is 0.386. The van der Waals surface area contributed by atoms with Gasteiger partial charge in [-0.15, -0.1) is 5.59 Å². The zero-order valence-electron chi connectivity index (χ0n) is 3.53. The van der Waals surface area contributed by atoms with Crippen LogP contribution in [0.2, 0.25) is 0 Å². The third kappa shape index (κ3) is 0.931. The minimum Gasteiger partial charge on any atom is -0.287 e. The molecule has 3 heteroatoms. The average Bonchev–Trinajstić information content (AvgIpc) is 1.72. The summed E-state index contributed by atoms with van der Waals surface area (Å²) in [6.45, 7) is 1.84. The van der Waals surface area contributed by atoms with Crippen LogP contribution in [0.15, 0.2) is 0 Å². The predicted octanol–water partition coefficient (Wildman–Crippen LogP) is -0.584. The fourth-order valence-corrected chi connectivity index (χ4v) is 0.386. The number of hydrazine groups is 1. The summed E-state index contributed by atoms with van der Waals surface area (Å²) in [5, 5.41) is 0. The third-order valence-corrected chi connectivity index (χ3v) is 0.693. The highest BCUT2D eigenvalue weighted by atomic mass is 16.7. The third-order valence-electron chi connectivity index (χ3n) is 0.693. The average molecular weight is 88.1 g/mol. The minimum absolute atomic E-state index is 0.826. The van der Waals surface area contributed by atoms with Crippen LogP contribution in [0.3, 0.4) is 0 Å². The van der Waals surface area contributed by atoms with Gasteiger partial charge in [0.25, 0.3) is 0 Å². The molecule has 0 aromatic heterocycles. The molecule has 2 N–H and O–H groups in total. The summed E-state index contributed by atoms with van der Waals surface area (Å²) in [6, 6.07) is 0. The van der Waals surface area contributed by atoms with Crippen LogP contribution < -0.4 is 11.0 Å². The van der Waals surface area contributed by atoms with Gasteiger partial charge in [0.15, 0.2) is 0 Å². The molecule has 0 aromatic carbocycles. The summed E-state index contributed by atoms with van der Waals surface area (Å²) in [6.07, 6.45) is 1.10. The van der Waals surface area contributed by atoms with Gasteiger partial charge in [0.2, 0.25) is 0 Å². The first-order valence-corrected chi connectivity index (χ1v) is 2.10. The molecule has 0 atom stereocenters. The molecule has 0 aromatic rings. The van der Waals surface area contributed by atoms with Crippen LogP contribution in [0.1, 0.15) is 6.42 Å². The normalized spacial score (nSPS) is 24.0. The van der Waals surface area contributed by atoms with Gasteiger partial charge >= 0.3 is 0 Å². The topological polar surface area (TPSA) is 33.3 Å². The molecule has 6 heavy (non-hydrogen) atoms. The molecule has 1 rings (SSSR count). The smallest absolute Gasteiger partial charge is 0.0711 e. The van der Waals surface area contributed by atoms with E-state index in [1.165, 1.54) is 0 Å².